The summed E-state index contributed by atoms with van der Waals surface area (Å²) in [5.74, 6) is -0.511. The molecule has 0 bridgehead atoms. The molecule has 0 aliphatic heterocycles. The molecule has 1 aromatic rings. The molecule has 0 saturated carbocycles. The molecule has 0 spiro atoms. The van der Waals surface area contributed by atoms with Gasteiger partial charge in [0.05, 0.1) is 0 Å². The zero-order valence-electron chi connectivity index (χ0n) is 12.3. The Hall–Kier alpha value is -2.61. The van der Waals surface area contributed by atoms with Gasteiger partial charge in [0.2, 0.25) is 5.91 Å². The average molecular weight is 285 g/mol. The van der Waals surface area contributed by atoms with E-state index in [1.807, 2.05) is 13.0 Å². The van der Waals surface area contributed by atoms with Crippen molar-refractivity contribution in [2.24, 2.45) is 0 Å². The SMILES string of the molecule is CCCCNC(=O)/C(C#N)=C/c1ccc(NC(C)=O)cc1. The standard InChI is InChI=1S/C16H19N3O2/c1-3-4-9-18-16(21)14(11-17)10-13-5-7-15(8-6-13)19-12(2)20/h5-8,10H,3-4,9H2,1-2H3,(H,18,21)(H,19,20)/b14-10+. The maximum absolute atomic E-state index is 11.8. The van der Waals surface area contributed by atoms with Crippen LogP contribution in [0.5, 0.6) is 0 Å². The Balaban J connectivity index is 2.76. The highest BCUT2D eigenvalue weighted by Crippen LogP contribution is 2.12. The highest BCUT2D eigenvalue weighted by molar-refractivity contribution is 6.01. The Bertz CT molecular complexity index is 568. The molecule has 110 valence electrons. The first-order valence-electron chi connectivity index (χ1n) is 6.84. The molecular weight excluding hydrogens is 266 g/mol. The number of carbonyl (C=O) groups excluding carboxylic acids is 2. The van der Waals surface area contributed by atoms with Crippen LogP contribution < -0.4 is 10.6 Å². The lowest BCUT2D eigenvalue weighted by Crippen LogP contribution is -2.25. The summed E-state index contributed by atoms with van der Waals surface area (Å²) in [5.41, 5.74) is 1.47. The van der Waals surface area contributed by atoms with Crippen molar-refractivity contribution in [3.05, 3.63) is 35.4 Å². The van der Waals surface area contributed by atoms with Crippen LogP contribution >= 0.6 is 0 Å². The van der Waals surface area contributed by atoms with Crippen LogP contribution in [0.4, 0.5) is 5.69 Å². The normalized spacial score (nSPS) is 10.6. The quantitative estimate of drug-likeness (QED) is 0.478. The first kappa shape index (κ1) is 16.4. The number of anilines is 1. The summed E-state index contributed by atoms with van der Waals surface area (Å²) in [7, 11) is 0. The number of nitrogens with one attached hydrogen (secondary N) is 2. The molecule has 2 amide bonds. The molecule has 0 aromatic heterocycles. The number of benzene rings is 1. The van der Waals surface area contributed by atoms with E-state index in [4.69, 9.17) is 5.26 Å². The van der Waals surface area contributed by atoms with Crippen molar-refractivity contribution >= 4 is 23.6 Å². The van der Waals surface area contributed by atoms with E-state index >= 15 is 0 Å². The van der Waals surface area contributed by atoms with Gasteiger partial charge in [-0.2, -0.15) is 5.26 Å². The zero-order chi connectivity index (χ0) is 15.7. The van der Waals surface area contributed by atoms with Gasteiger partial charge in [-0.3, -0.25) is 9.59 Å². The number of carbonyl (C=O) groups is 2. The Morgan fingerprint density at radius 3 is 2.48 bits per heavy atom. The lowest BCUT2D eigenvalue weighted by atomic mass is 10.1. The molecule has 0 aliphatic carbocycles. The van der Waals surface area contributed by atoms with Crippen LogP contribution in [-0.4, -0.2) is 18.4 Å². The van der Waals surface area contributed by atoms with Crippen LogP contribution in [0.3, 0.4) is 0 Å². The molecule has 0 atom stereocenters. The van der Waals surface area contributed by atoms with Gasteiger partial charge in [0, 0.05) is 19.2 Å². The Morgan fingerprint density at radius 1 is 1.29 bits per heavy atom. The summed E-state index contributed by atoms with van der Waals surface area (Å²) < 4.78 is 0. The molecule has 0 saturated heterocycles. The highest BCUT2D eigenvalue weighted by atomic mass is 16.2. The minimum absolute atomic E-state index is 0.0679. The fourth-order valence-corrected chi connectivity index (χ4v) is 1.66. The summed E-state index contributed by atoms with van der Waals surface area (Å²) in [4.78, 5) is 22.7. The number of hydrogen-bond donors (Lipinski definition) is 2. The van der Waals surface area contributed by atoms with Crippen LogP contribution in [-0.2, 0) is 9.59 Å². The molecule has 5 nitrogen and oxygen atoms in total. The van der Waals surface area contributed by atoms with E-state index in [1.165, 1.54) is 13.0 Å². The molecule has 5 heteroatoms. The zero-order valence-corrected chi connectivity index (χ0v) is 12.3. The van der Waals surface area contributed by atoms with Crippen LogP contribution in [0.15, 0.2) is 29.8 Å². The Kier molecular flexibility index (Phi) is 6.69. The number of amides is 2. The summed E-state index contributed by atoms with van der Waals surface area (Å²) >= 11 is 0. The largest absolute Gasteiger partial charge is 0.351 e. The first-order chi connectivity index (χ1) is 10.1. The van der Waals surface area contributed by atoms with Gasteiger partial charge in [0.25, 0.3) is 5.91 Å². The number of hydrogen-bond acceptors (Lipinski definition) is 3. The third-order valence-corrected chi connectivity index (χ3v) is 2.72. The van der Waals surface area contributed by atoms with Gasteiger partial charge in [0.15, 0.2) is 0 Å². The monoisotopic (exact) mass is 285 g/mol. The van der Waals surface area contributed by atoms with E-state index in [0.717, 1.165) is 18.4 Å². The highest BCUT2D eigenvalue weighted by Gasteiger charge is 2.07. The lowest BCUT2D eigenvalue weighted by Gasteiger charge is -2.04. The predicted molar refractivity (Wildman–Crippen MR) is 82.3 cm³/mol. The van der Waals surface area contributed by atoms with Crippen LogP contribution in [0.25, 0.3) is 6.08 Å². The number of rotatable bonds is 6. The number of nitrogens with zero attached hydrogens (tertiary/aromatic N) is 1. The minimum Gasteiger partial charge on any atom is -0.351 e. The third kappa shape index (κ3) is 5.91. The van der Waals surface area contributed by atoms with Gasteiger partial charge in [-0.05, 0) is 30.2 Å². The molecule has 1 aromatic carbocycles. The topological polar surface area (TPSA) is 82.0 Å². The lowest BCUT2D eigenvalue weighted by molar-refractivity contribution is -0.117. The van der Waals surface area contributed by atoms with E-state index in [0.29, 0.717) is 12.2 Å². The number of nitriles is 1. The molecule has 21 heavy (non-hydrogen) atoms. The minimum atomic E-state index is -0.364. The second-order valence-electron chi connectivity index (χ2n) is 4.58. The molecule has 0 radical (unpaired) electrons. The van der Waals surface area contributed by atoms with Gasteiger partial charge in [-0.25, -0.2) is 0 Å². The van der Waals surface area contributed by atoms with Crippen LogP contribution in [0, 0.1) is 11.3 Å². The average Bonchev–Trinajstić information content (AvgIpc) is 2.46. The van der Waals surface area contributed by atoms with E-state index < -0.39 is 0 Å². The third-order valence-electron chi connectivity index (χ3n) is 2.72. The van der Waals surface area contributed by atoms with Crippen molar-refractivity contribution in [3.63, 3.8) is 0 Å². The van der Waals surface area contributed by atoms with E-state index in [2.05, 4.69) is 10.6 Å². The molecule has 0 unspecified atom stereocenters. The summed E-state index contributed by atoms with van der Waals surface area (Å²) in [6.07, 6.45) is 3.39. The van der Waals surface area contributed by atoms with Gasteiger partial charge in [0.1, 0.15) is 11.6 Å². The van der Waals surface area contributed by atoms with Crippen molar-refractivity contribution in [1.82, 2.24) is 5.32 Å². The molecular formula is C16H19N3O2. The van der Waals surface area contributed by atoms with E-state index in [-0.39, 0.29) is 17.4 Å². The van der Waals surface area contributed by atoms with Crippen molar-refractivity contribution in [2.75, 3.05) is 11.9 Å². The Labute approximate surface area is 124 Å². The van der Waals surface area contributed by atoms with Crippen LogP contribution in [0.1, 0.15) is 32.3 Å². The smallest absolute Gasteiger partial charge is 0.261 e. The van der Waals surface area contributed by atoms with Gasteiger partial charge < -0.3 is 10.6 Å². The summed E-state index contributed by atoms with van der Waals surface area (Å²) in [6.45, 7) is 4.03. The Morgan fingerprint density at radius 2 is 1.95 bits per heavy atom. The van der Waals surface area contributed by atoms with Crippen LogP contribution in [0.2, 0.25) is 0 Å². The van der Waals surface area contributed by atoms with Crippen molar-refractivity contribution in [3.8, 4) is 6.07 Å². The van der Waals surface area contributed by atoms with Crippen molar-refractivity contribution in [1.29, 1.82) is 5.26 Å². The molecule has 0 heterocycles. The fraction of sp³-hybridized carbons (Fsp3) is 0.312. The van der Waals surface area contributed by atoms with Crippen molar-refractivity contribution in [2.45, 2.75) is 26.7 Å². The maximum atomic E-state index is 11.8. The second kappa shape index (κ2) is 8.54. The van der Waals surface area contributed by atoms with Gasteiger partial charge in [-0.15, -0.1) is 0 Å². The fourth-order valence-electron chi connectivity index (χ4n) is 1.66. The summed E-state index contributed by atoms with van der Waals surface area (Å²) in [5, 5.41) is 14.4. The predicted octanol–water partition coefficient (Wildman–Crippen LogP) is 2.47. The number of unbranched alkanes of at least 4 members (excludes halogenated alkanes) is 1. The van der Waals surface area contributed by atoms with Crippen molar-refractivity contribution < 1.29 is 9.59 Å². The molecule has 0 fully saturated rings. The van der Waals surface area contributed by atoms with Gasteiger partial charge in [-0.1, -0.05) is 25.5 Å². The molecule has 0 aliphatic rings. The second-order valence-corrected chi connectivity index (χ2v) is 4.58. The molecule has 1 rings (SSSR count). The molecule has 2 N–H and O–H groups in total. The van der Waals surface area contributed by atoms with E-state index in [9.17, 15) is 9.59 Å². The van der Waals surface area contributed by atoms with Gasteiger partial charge >= 0.3 is 0 Å². The maximum Gasteiger partial charge on any atom is 0.261 e. The summed E-state index contributed by atoms with van der Waals surface area (Å²) in [6, 6.07) is 8.82. The van der Waals surface area contributed by atoms with E-state index in [1.54, 1.807) is 24.3 Å². The first-order valence-corrected chi connectivity index (χ1v) is 6.84.